The molecule has 2 aromatic carbocycles. The van der Waals surface area contributed by atoms with Gasteiger partial charge in [-0.1, -0.05) is 23.2 Å². The van der Waals surface area contributed by atoms with E-state index >= 15 is 0 Å². The first-order valence-corrected chi connectivity index (χ1v) is 10.4. The Hall–Kier alpha value is -2.25. The lowest BCUT2D eigenvalue weighted by Crippen LogP contribution is -2.04. The molecule has 5 rings (SSSR count). The highest BCUT2D eigenvalue weighted by Gasteiger charge is 2.24. The van der Waals surface area contributed by atoms with Crippen molar-refractivity contribution in [3.63, 3.8) is 0 Å². The summed E-state index contributed by atoms with van der Waals surface area (Å²) in [7, 11) is 1.87. The van der Waals surface area contributed by atoms with Gasteiger partial charge in [-0.2, -0.15) is 5.10 Å². The van der Waals surface area contributed by atoms with Gasteiger partial charge in [0.15, 0.2) is 0 Å². The van der Waals surface area contributed by atoms with Crippen LogP contribution < -0.4 is 9.47 Å². The number of hydrogen-bond donors (Lipinski definition) is 0. The van der Waals surface area contributed by atoms with E-state index in [2.05, 4.69) is 5.10 Å². The van der Waals surface area contributed by atoms with Gasteiger partial charge in [-0.3, -0.25) is 4.68 Å². The van der Waals surface area contributed by atoms with Crippen LogP contribution in [0.3, 0.4) is 0 Å². The zero-order valence-corrected chi connectivity index (χ0v) is 17.8. The lowest BCUT2D eigenvalue weighted by atomic mass is 10.1. The van der Waals surface area contributed by atoms with E-state index in [1.807, 2.05) is 37.4 Å². The van der Waals surface area contributed by atoms with Crippen molar-refractivity contribution < 1.29 is 18.9 Å². The third-order valence-electron chi connectivity index (χ3n) is 4.98. The summed E-state index contributed by atoms with van der Waals surface area (Å²) in [6, 6.07) is 13.3. The van der Waals surface area contributed by atoms with E-state index < -0.39 is 0 Å². The van der Waals surface area contributed by atoms with Crippen molar-refractivity contribution in [2.75, 3.05) is 26.4 Å². The number of benzene rings is 2. The van der Waals surface area contributed by atoms with E-state index in [1.54, 1.807) is 16.8 Å². The van der Waals surface area contributed by atoms with Crippen LogP contribution in [0.4, 0.5) is 0 Å². The van der Waals surface area contributed by atoms with Crippen LogP contribution in [0, 0.1) is 0 Å². The molecule has 3 heterocycles. The molecule has 1 aromatic heterocycles. The Morgan fingerprint density at radius 1 is 0.933 bits per heavy atom. The summed E-state index contributed by atoms with van der Waals surface area (Å²) in [5.74, 6) is 1.43. The highest BCUT2D eigenvalue weighted by atomic mass is 35.5. The topological polar surface area (TPSA) is 61.3 Å². The molecule has 0 spiro atoms. The average Bonchev–Trinajstić information content (AvgIpc) is 3.65. The van der Waals surface area contributed by atoms with E-state index in [1.165, 1.54) is 0 Å². The highest BCUT2D eigenvalue weighted by Crippen LogP contribution is 2.39. The molecule has 156 valence electrons. The molecule has 6 nitrogen and oxygen atoms in total. The Balaban J connectivity index is 1.36. The summed E-state index contributed by atoms with van der Waals surface area (Å²) in [6.07, 6.45) is 0.400. The van der Waals surface area contributed by atoms with Crippen LogP contribution in [0.25, 0.3) is 22.5 Å². The number of epoxide rings is 2. The van der Waals surface area contributed by atoms with E-state index in [-0.39, 0.29) is 12.2 Å². The molecule has 2 saturated heterocycles. The summed E-state index contributed by atoms with van der Waals surface area (Å²) in [5.41, 5.74) is 3.34. The molecule has 8 heteroatoms. The van der Waals surface area contributed by atoms with Crippen molar-refractivity contribution in [1.29, 1.82) is 0 Å². The number of rotatable bonds is 8. The Morgan fingerprint density at radius 2 is 1.50 bits per heavy atom. The van der Waals surface area contributed by atoms with Crippen molar-refractivity contribution in [2.45, 2.75) is 12.2 Å². The fraction of sp³-hybridized carbons (Fsp3) is 0.318. The molecule has 2 aliphatic rings. The predicted molar refractivity (Wildman–Crippen MR) is 115 cm³/mol. The predicted octanol–water partition coefficient (Wildman–Crippen LogP) is 4.62. The van der Waals surface area contributed by atoms with Crippen molar-refractivity contribution in [2.24, 2.45) is 7.05 Å². The van der Waals surface area contributed by atoms with E-state index in [0.717, 1.165) is 41.5 Å². The van der Waals surface area contributed by atoms with Gasteiger partial charge in [-0.15, -0.1) is 0 Å². The minimum Gasteiger partial charge on any atom is -0.491 e. The largest absolute Gasteiger partial charge is 0.491 e. The second-order valence-electron chi connectivity index (χ2n) is 7.36. The standard InChI is InChI=1S/C22H20Cl2N2O4/c1-26-21(22-18(23)6-15(7-19(22)24)28-10-17-12-30-17)8-20(25-26)13-2-4-14(5-3-13)27-9-16-11-29-16/h2-8,16-17H,9-12H2,1H3. The van der Waals surface area contributed by atoms with Crippen LogP contribution in [0.5, 0.6) is 11.5 Å². The molecule has 0 bridgehead atoms. The first-order valence-electron chi connectivity index (χ1n) is 9.69. The fourth-order valence-corrected chi connectivity index (χ4v) is 3.81. The van der Waals surface area contributed by atoms with Gasteiger partial charge in [0, 0.05) is 18.2 Å². The van der Waals surface area contributed by atoms with E-state index in [9.17, 15) is 0 Å². The van der Waals surface area contributed by atoms with Gasteiger partial charge in [0.1, 0.15) is 36.9 Å². The van der Waals surface area contributed by atoms with Crippen LogP contribution in [0.1, 0.15) is 0 Å². The van der Waals surface area contributed by atoms with Gasteiger partial charge in [-0.05, 0) is 42.5 Å². The highest BCUT2D eigenvalue weighted by molar-refractivity contribution is 6.39. The number of aryl methyl sites for hydroxylation is 1. The molecule has 0 aliphatic carbocycles. The molecule has 0 amide bonds. The van der Waals surface area contributed by atoms with E-state index in [0.29, 0.717) is 29.0 Å². The number of ether oxygens (including phenoxy) is 4. The number of nitrogens with zero attached hydrogens (tertiary/aromatic N) is 2. The molecule has 0 saturated carbocycles. The van der Waals surface area contributed by atoms with Gasteiger partial charge in [-0.25, -0.2) is 0 Å². The monoisotopic (exact) mass is 446 g/mol. The van der Waals surface area contributed by atoms with Crippen molar-refractivity contribution in [3.05, 3.63) is 52.5 Å². The van der Waals surface area contributed by atoms with Gasteiger partial charge in [0.25, 0.3) is 0 Å². The maximum absolute atomic E-state index is 6.55. The maximum Gasteiger partial charge on any atom is 0.122 e. The molecule has 2 fully saturated rings. The minimum atomic E-state index is 0.167. The van der Waals surface area contributed by atoms with Crippen molar-refractivity contribution in [3.8, 4) is 34.0 Å². The molecule has 0 radical (unpaired) electrons. The third-order valence-corrected chi connectivity index (χ3v) is 5.57. The van der Waals surface area contributed by atoms with Crippen LogP contribution in [0.15, 0.2) is 42.5 Å². The smallest absolute Gasteiger partial charge is 0.122 e. The Labute approximate surface area is 184 Å². The summed E-state index contributed by atoms with van der Waals surface area (Å²) >= 11 is 13.1. The van der Waals surface area contributed by atoms with Crippen LogP contribution >= 0.6 is 23.2 Å². The first-order chi connectivity index (χ1) is 14.6. The normalized spacial score (nSPS) is 19.6. The van der Waals surface area contributed by atoms with Crippen LogP contribution in [-0.2, 0) is 16.5 Å². The van der Waals surface area contributed by atoms with Crippen LogP contribution in [-0.4, -0.2) is 48.4 Å². The fourth-order valence-electron chi connectivity index (χ4n) is 3.15. The second kappa shape index (κ2) is 8.12. The van der Waals surface area contributed by atoms with Gasteiger partial charge in [0.05, 0.1) is 34.6 Å². The third kappa shape index (κ3) is 4.42. The quantitative estimate of drug-likeness (QED) is 0.472. The second-order valence-corrected chi connectivity index (χ2v) is 8.17. The van der Waals surface area contributed by atoms with Gasteiger partial charge in [0.2, 0.25) is 0 Å². The summed E-state index contributed by atoms with van der Waals surface area (Å²) in [5, 5.41) is 5.65. The molecular formula is C22H20Cl2N2O4. The molecule has 30 heavy (non-hydrogen) atoms. The van der Waals surface area contributed by atoms with Crippen molar-refractivity contribution in [1.82, 2.24) is 9.78 Å². The first kappa shape index (κ1) is 19.7. The lowest BCUT2D eigenvalue weighted by molar-refractivity contribution is 0.263. The summed E-state index contributed by atoms with van der Waals surface area (Å²) in [4.78, 5) is 0. The van der Waals surface area contributed by atoms with Crippen molar-refractivity contribution >= 4 is 23.2 Å². The Morgan fingerprint density at radius 3 is 2.07 bits per heavy atom. The Bertz CT molecular complexity index is 1040. The van der Waals surface area contributed by atoms with Gasteiger partial charge >= 0.3 is 0 Å². The molecule has 0 N–H and O–H groups in total. The zero-order chi connectivity index (χ0) is 20.7. The number of aromatic nitrogens is 2. The minimum absolute atomic E-state index is 0.167. The molecule has 2 aliphatic heterocycles. The lowest BCUT2D eigenvalue weighted by Gasteiger charge is -2.11. The SMILES string of the molecule is Cn1nc(-c2ccc(OCC3CO3)cc2)cc1-c1c(Cl)cc(OCC2CO2)cc1Cl. The van der Waals surface area contributed by atoms with E-state index in [4.69, 9.17) is 42.1 Å². The number of hydrogen-bond acceptors (Lipinski definition) is 5. The molecule has 3 aromatic rings. The summed E-state index contributed by atoms with van der Waals surface area (Å²) in [6.45, 7) is 2.59. The van der Waals surface area contributed by atoms with Crippen LogP contribution in [0.2, 0.25) is 10.0 Å². The molecule has 2 atom stereocenters. The molecular weight excluding hydrogens is 427 g/mol. The maximum atomic E-state index is 6.55. The van der Waals surface area contributed by atoms with Gasteiger partial charge < -0.3 is 18.9 Å². The molecule has 2 unspecified atom stereocenters. The Kier molecular flexibility index (Phi) is 5.33. The number of halogens is 2. The summed E-state index contributed by atoms with van der Waals surface area (Å²) < 4.78 is 23.5. The zero-order valence-electron chi connectivity index (χ0n) is 16.3. The average molecular weight is 447 g/mol.